The van der Waals surface area contributed by atoms with Crippen molar-refractivity contribution in [2.24, 2.45) is 0 Å². The van der Waals surface area contributed by atoms with Gasteiger partial charge in [-0.25, -0.2) is 5.10 Å². The van der Waals surface area contributed by atoms with Gasteiger partial charge in [0.25, 0.3) is 17.4 Å². The smallest absolute Gasteiger partial charge is 0.274 e. The summed E-state index contributed by atoms with van der Waals surface area (Å²) in [5.41, 5.74) is 1.51. The highest BCUT2D eigenvalue weighted by molar-refractivity contribution is 5.96. The quantitative estimate of drug-likeness (QED) is 0.875. The summed E-state index contributed by atoms with van der Waals surface area (Å²) in [6.07, 6.45) is 1.37. The van der Waals surface area contributed by atoms with E-state index >= 15 is 0 Å². The number of nitrogens with zero attached hydrogens (tertiary/aromatic N) is 2. The lowest BCUT2D eigenvalue weighted by Crippen LogP contribution is -2.46. The minimum Gasteiger partial charge on any atom is -0.349 e. The van der Waals surface area contributed by atoms with E-state index < -0.39 is 0 Å². The van der Waals surface area contributed by atoms with Crippen molar-refractivity contribution in [2.45, 2.75) is 25.8 Å². The highest BCUT2D eigenvalue weighted by atomic mass is 16.2. The zero-order valence-electron chi connectivity index (χ0n) is 14.0. The number of carbonyl (C=O) groups is 2. The van der Waals surface area contributed by atoms with Gasteiger partial charge in [0.05, 0.1) is 0 Å². The van der Waals surface area contributed by atoms with Gasteiger partial charge in [-0.1, -0.05) is 18.2 Å². The molecule has 3 rings (SSSR count). The predicted octanol–water partition coefficient (Wildman–Crippen LogP) is 1.11. The molecule has 2 aromatic rings. The molecule has 1 aliphatic rings. The molecule has 2 N–H and O–H groups in total. The number of H-pyrrole nitrogens is 1. The maximum atomic E-state index is 12.4. The Hall–Kier alpha value is -2.96. The average Bonchev–Trinajstić information content (AvgIpc) is 2.63. The van der Waals surface area contributed by atoms with Crippen LogP contribution in [0.3, 0.4) is 0 Å². The van der Waals surface area contributed by atoms with Crippen LogP contribution in [0.1, 0.15) is 39.3 Å². The molecular weight excluding hydrogens is 320 g/mol. The topological polar surface area (TPSA) is 95.2 Å². The minimum atomic E-state index is -0.339. The van der Waals surface area contributed by atoms with Gasteiger partial charge in [-0.15, -0.1) is 0 Å². The molecule has 7 nitrogen and oxygen atoms in total. The number of benzene rings is 1. The third kappa shape index (κ3) is 3.93. The Bertz CT molecular complexity index is 818. The van der Waals surface area contributed by atoms with Gasteiger partial charge in [-0.2, -0.15) is 5.10 Å². The highest BCUT2D eigenvalue weighted by Gasteiger charge is 2.25. The lowest BCUT2D eigenvalue weighted by Gasteiger charge is -2.32. The predicted molar refractivity (Wildman–Crippen MR) is 92.4 cm³/mol. The van der Waals surface area contributed by atoms with E-state index in [0.717, 1.165) is 5.56 Å². The van der Waals surface area contributed by atoms with Crippen molar-refractivity contribution in [1.29, 1.82) is 0 Å². The van der Waals surface area contributed by atoms with Crippen LogP contribution >= 0.6 is 0 Å². The third-order valence-corrected chi connectivity index (χ3v) is 4.41. The Labute approximate surface area is 145 Å². The third-order valence-electron chi connectivity index (χ3n) is 4.41. The second-order valence-electron chi connectivity index (χ2n) is 6.16. The normalized spacial score (nSPS) is 15.0. The van der Waals surface area contributed by atoms with Crippen molar-refractivity contribution in [3.63, 3.8) is 0 Å². The van der Waals surface area contributed by atoms with E-state index in [2.05, 4.69) is 15.5 Å². The summed E-state index contributed by atoms with van der Waals surface area (Å²) in [7, 11) is 0. The molecule has 130 valence electrons. The molecule has 7 heteroatoms. The van der Waals surface area contributed by atoms with Gasteiger partial charge in [0.15, 0.2) is 0 Å². The van der Waals surface area contributed by atoms with Crippen molar-refractivity contribution in [3.05, 3.63) is 63.6 Å². The first-order chi connectivity index (χ1) is 12.0. The van der Waals surface area contributed by atoms with Gasteiger partial charge in [0, 0.05) is 30.8 Å². The van der Waals surface area contributed by atoms with Crippen LogP contribution in [-0.4, -0.2) is 46.0 Å². The number of aryl methyl sites for hydroxylation is 1. The summed E-state index contributed by atoms with van der Waals surface area (Å²) in [5, 5.41) is 9.08. The monoisotopic (exact) mass is 340 g/mol. The van der Waals surface area contributed by atoms with Crippen molar-refractivity contribution in [2.75, 3.05) is 13.1 Å². The molecule has 2 amide bonds. The highest BCUT2D eigenvalue weighted by Crippen LogP contribution is 2.14. The van der Waals surface area contributed by atoms with Crippen LogP contribution in [-0.2, 0) is 0 Å². The van der Waals surface area contributed by atoms with E-state index in [1.165, 1.54) is 12.1 Å². The summed E-state index contributed by atoms with van der Waals surface area (Å²) in [6.45, 7) is 2.99. The van der Waals surface area contributed by atoms with E-state index in [0.29, 0.717) is 31.5 Å². The first-order valence-electron chi connectivity index (χ1n) is 8.26. The molecule has 0 bridgehead atoms. The summed E-state index contributed by atoms with van der Waals surface area (Å²) >= 11 is 0. The van der Waals surface area contributed by atoms with Gasteiger partial charge >= 0.3 is 0 Å². The molecule has 0 unspecified atom stereocenters. The van der Waals surface area contributed by atoms with Crippen LogP contribution in [0.15, 0.2) is 41.2 Å². The second-order valence-corrected chi connectivity index (χ2v) is 6.16. The van der Waals surface area contributed by atoms with E-state index in [4.69, 9.17) is 0 Å². The Balaban J connectivity index is 1.56. The van der Waals surface area contributed by atoms with Crippen molar-refractivity contribution in [3.8, 4) is 0 Å². The minimum absolute atomic E-state index is 0.0414. The fourth-order valence-electron chi connectivity index (χ4n) is 2.94. The largest absolute Gasteiger partial charge is 0.349 e. The number of hydrogen-bond acceptors (Lipinski definition) is 4. The Morgan fingerprint density at radius 2 is 1.88 bits per heavy atom. The summed E-state index contributed by atoms with van der Waals surface area (Å²) in [4.78, 5) is 37.4. The van der Waals surface area contributed by atoms with Crippen LogP contribution in [0.5, 0.6) is 0 Å². The molecule has 0 spiro atoms. The van der Waals surface area contributed by atoms with E-state index in [9.17, 15) is 14.4 Å². The summed E-state index contributed by atoms with van der Waals surface area (Å²) in [5.74, 6) is -0.287. The Kier molecular flexibility index (Phi) is 4.92. The van der Waals surface area contributed by atoms with Crippen molar-refractivity contribution >= 4 is 11.8 Å². The maximum absolute atomic E-state index is 12.4. The molecule has 1 aromatic carbocycles. The van der Waals surface area contributed by atoms with Crippen molar-refractivity contribution < 1.29 is 9.59 Å². The fourth-order valence-corrected chi connectivity index (χ4v) is 2.94. The molecular formula is C18H20N4O3. The number of aromatic amines is 1. The van der Waals surface area contributed by atoms with Gasteiger partial charge < -0.3 is 10.2 Å². The number of aromatic nitrogens is 2. The molecule has 0 saturated carbocycles. The van der Waals surface area contributed by atoms with E-state index in [1.54, 1.807) is 4.90 Å². The number of likely N-dealkylation sites (tertiary alicyclic amines) is 1. The molecule has 0 atom stereocenters. The molecule has 2 heterocycles. The zero-order valence-corrected chi connectivity index (χ0v) is 14.0. The molecule has 1 saturated heterocycles. The SMILES string of the molecule is Cc1ccccc1C(=O)NC1CCN(C(=O)c2ccc(=O)[nH]n2)CC1. The van der Waals surface area contributed by atoms with Crippen LogP contribution in [0.4, 0.5) is 0 Å². The molecule has 1 fully saturated rings. The maximum Gasteiger partial charge on any atom is 0.274 e. The second kappa shape index (κ2) is 7.29. The first-order valence-corrected chi connectivity index (χ1v) is 8.26. The Morgan fingerprint density at radius 1 is 1.16 bits per heavy atom. The first kappa shape index (κ1) is 16.9. The molecule has 1 aromatic heterocycles. The summed E-state index contributed by atoms with van der Waals surface area (Å²) in [6, 6.07) is 10.2. The zero-order chi connectivity index (χ0) is 17.8. The van der Waals surface area contributed by atoms with Gasteiger partial charge in [0.2, 0.25) is 0 Å². The average molecular weight is 340 g/mol. The number of piperidine rings is 1. The fraction of sp³-hybridized carbons (Fsp3) is 0.333. The van der Waals surface area contributed by atoms with Crippen LogP contribution in [0, 0.1) is 6.92 Å². The molecule has 25 heavy (non-hydrogen) atoms. The molecule has 0 aliphatic carbocycles. The number of nitrogens with one attached hydrogen (secondary N) is 2. The van der Waals surface area contributed by atoms with Gasteiger partial charge in [-0.05, 0) is 37.5 Å². The van der Waals surface area contributed by atoms with Crippen LogP contribution in [0.2, 0.25) is 0 Å². The lowest BCUT2D eigenvalue weighted by molar-refractivity contribution is 0.0691. The number of hydrogen-bond donors (Lipinski definition) is 2. The standard InChI is InChI=1S/C18H20N4O3/c1-12-4-2-3-5-14(12)17(24)19-13-8-10-22(11-9-13)18(25)15-6-7-16(23)21-20-15/h2-7,13H,8-11H2,1H3,(H,19,24)(H,21,23). The van der Waals surface area contributed by atoms with Crippen LogP contribution in [0.25, 0.3) is 0 Å². The van der Waals surface area contributed by atoms with Crippen LogP contribution < -0.4 is 10.9 Å². The number of rotatable bonds is 3. The van der Waals surface area contributed by atoms with Gasteiger partial charge in [-0.3, -0.25) is 14.4 Å². The lowest BCUT2D eigenvalue weighted by atomic mass is 10.0. The van der Waals surface area contributed by atoms with Gasteiger partial charge in [0.1, 0.15) is 5.69 Å². The van der Waals surface area contributed by atoms with E-state index in [-0.39, 0.29) is 29.1 Å². The molecule has 0 radical (unpaired) electrons. The Morgan fingerprint density at radius 3 is 2.52 bits per heavy atom. The van der Waals surface area contributed by atoms with E-state index in [1.807, 2.05) is 31.2 Å². The number of carbonyl (C=O) groups excluding carboxylic acids is 2. The van der Waals surface area contributed by atoms with Crippen molar-refractivity contribution in [1.82, 2.24) is 20.4 Å². The number of amides is 2. The summed E-state index contributed by atoms with van der Waals surface area (Å²) < 4.78 is 0. The molecule has 1 aliphatic heterocycles.